The first kappa shape index (κ1) is 14.9. The minimum atomic E-state index is -1.29. The van der Waals surface area contributed by atoms with Gasteiger partial charge in [-0.05, 0) is 12.1 Å². The highest BCUT2D eigenvalue weighted by atomic mass is 35.5. The summed E-state index contributed by atoms with van der Waals surface area (Å²) < 4.78 is 5.15. The number of carboxylic acids is 1. The zero-order chi connectivity index (χ0) is 15.4. The van der Waals surface area contributed by atoms with Gasteiger partial charge in [-0.2, -0.15) is 0 Å². The molecule has 0 bridgehead atoms. The van der Waals surface area contributed by atoms with Crippen molar-refractivity contribution in [1.82, 2.24) is 0 Å². The molecule has 0 fully saturated rings. The Morgan fingerprint density at radius 2 is 2.24 bits per heavy atom. The van der Waals surface area contributed by atoms with Crippen molar-refractivity contribution >= 4 is 28.9 Å². The molecule has 8 heteroatoms. The van der Waals surface area contributed by atoms with E-state index in [1.165, 1.54) is 6.26 Å². The Kier molecular flexibility index (Phi) is 4.44. The Bertz CT molecular complexity index is 669. The van der Waals surface area contributed by atoms with Gasteiger partial charge in [-0.1, -0.05) is 11.6 Å². The average molecular weight is 311 g/mol. The fourth-order valence-corrected chi connectivity index (χ4v) is 2.09. The molecular formula is C13H11ClN2O5. The van der Waals surface area contributed by atoms with Gasteiger partial charge in [0.2, 0.25) is 0 Å². The van der Waals surface area contributed by atoms with Crippen LogP contribution in [0.2, 0.25) is 5.02 Å². The molecule has 0 aliphatic carbocycles. The number of benzene rings is 1. The molecule has 0 aliphatic heterocycles. The van der Waals surface area contributed by atoms with E-state index in [1.807, 2.05) is 0 Å². The van der Waals surface area contributed by atoms with E-state index in [0.717, 1.165) is 17.9 Å². The monoisotopic (exact) mass is 310 g/mol. The second-order valence-electron chi connectivity index (χ2n) is 4.17. The lowest BCUT2D eigenvalue weighted by Gasteiger charge is -2.11. The highest BCUT2D eigenvalue weighted by Gasteiger charge is 2.19. The van der Waals surface area contributed by atoms with Crippen molar-refractivity contribution in [2.45, 2.75) is 6.42 Å². The summed E-state index contributed by atoms with van der Waals surface area (Å²) in [7, 11) is 0. The van der Waals surface area contributed by atoms with E-state index in [-0.39, 0.29) is 22.0 Å². The molecular weight excluding hydrogens is 300 g/mol. The summed E-state index contributed by atoms with van der Waals surface area (Å²) in [6, 6.07) is 5.63. The summed E-state index contributed by atoms with van der Waals surface area (Å²) in [5, 5.41) is 22.7. The molecule has 2 rings (SSSR count). The van der Waals surface area contributed by atoms with E-state index in [0.29, 0.717) is 13.0 Å². The number of hydrogen-bond donors (Lipinski definition) is 2. The molecule has 0 radical (unpaired) electrons. The molecule has 21 heavy (non-hydrogen) atoms. The van der Waals surface area contributed by atoms with Crippen molar-refractivity contribution < 1.29 is 19.2 Å². The molecule has 0 spiro atoms. The largest absolute Gasteiger partial charge is 0.478 e. The van der Waals surface area contributed by atoms with Crippen LogP contribution in [-0.4, -0.2) is 22.5 Å². The number of aromatic carboxylic acids is 1. The van der Waals surface area contributed by atoms with Gasteiger partial charge in [0.05, 0.1) is 27.5 Å². The lowest BCUT2D eigenvalue weighted by Crippen LogP contribution is -2.10. The topological polar surface area (TPSA) is 106 Å². The van der Waals surface area contributed by atoms with Gasteiger partial charge in [0.1, 0.15) is 5.76 Å². The summed E-state index contributed by atoms with van der Waals surface area (Å²) >= 11 is 5.93. The summed E-state index contributed by atoms with van der Waals surface area (Å²) in [6.45, 7) is 0.380. The second kappa shape index (κ2) is 6.27. The fraction of sp³-hybridized carbons (Fsp3) is 0.154. The van der Waals surface area contributed by atoms with Crippen molar-refractivity contribution in [2.75, 3.05) is 11.9 Å². The summed E-state index contributed by atoms with van der Waals surface area (Å²) in [5.41, 5.74) is -0.455. The van der Waals surface area contributed by atoms with Gasteiger partial charge < -0.3 is 14.8 Å². The number of nitro benzene ring substituents is 1. The maximum absolute atomic E-state index is 11.2. The number of carbonyl (C=O) groups is 1. The number of nitrogens with one attached hydrogen (secondary N) is 1. The maximum Gasteiger partial charge on any atom is 0.338 e. The van der Waals surface area contributed by atoms with Crippen molar-refractivity contribution in [3.8, 4) is 0 Å². The second-order valence-corrected chi connectivity index (χ2v) is 4.58. The summed E-state index contributed by atoms with van der Waals surface area (Å²) in [5.74, 6) is -0.557. The number of furan rings is 1. The molecule has 1 heterocycles. The molecule has 1 aromatic carbocycles. The third-order valence-electron chi connectivity index (χ3n) is 2.77. The first-order valence-corrected chi connectivity index (χ1v) is 6.34. The van der Waals surface area contributed by atoms with E-state index >= 15 is 0 Å². The van der Waals surface area contributed by atoms with Gasteiger partial charge >= 0.3 is 5.97 Å². The van der Waals surface area contributed by atoms with Crippen LogP contribution < -0.4 is 5.32 Å². The Hall–Kier alpha value is -2.54. The van der Waals surface area contributed by atoms with Crippen molar-refractivity contribution in [3.05, 3.63) is 57.0 Å². The molecule has 0 aliphatic rings. The van der Waals surface area contributed by atoms with Gasteiger partial charge in [-0.25, -0.2) is 4.79 Å². The Morgan fingerprint density at radius 3 is 2.81 bits per heavy atom. The van der Waals surface area contributed by atoms with Crippen molar-refractivity contribution in [3.63, 3.8) is 0 Å². The first-order valence-electron chi connectivity index (χ1n) is 5.96. The third kappa shape index (κ3) is 3.51. The van der Waals surface area contributed by atoms with Gasteiger partial charge in [0.25, 0.3) is 5.69 Å². The molecule has 2 N–H and O–H groups in total. The highest BCUT2D eigenvalue weighted by molar-refractivity contribution is 6.34. The van der Waals surface area contributed by atoms with Crippen LogP contribution in [0.5, 0.6) is 0 Å². The van der Waals surface area contributed by atoms with Crippen molar-refractivity contribution in [1.29, 1.82) is 0 Å². The van der Waals surface area contributed by atoms with E-state index < -0.39 is 10.9 Å². The fourth-order valence-electron chi connectivity index (χ4n) is 1.81. The zero-order valence-electron chi connectivity index (χ0n) is 10.7. The molecule has 1 aromatic heterocycles. The third-order valence-corrected chi connectivity index (χ3v) is 3.07. The number of nitro groups is 1. The molecule has 0 amide bonds. The number of rotatable bonds is 6. The number of hydrogen-bond acceptors (Lipinski definition) is 5. The smallest absolute Gasteiger partial charge is 0.338 e. The van der Waals surface area contributed by atoms with Crippen LogP contribution in [0.3, 0.4) is 0 Å². The van der Waals surface area contributed by atoms with Gasteiger partial charge in [-0.15, -0.1) is 0 Å². The van der Waals surface area contributed by atoms with Gasteiger partial charge in [0, 0.05) is 25.1 Å². The van der Waals surface area contributed by atoms with Crippen LogP contribution in [0.25, 0.3) is 0 Å². The number of halogens is 1. The number of non-ortho nitro benzene ring substituents is 1. The molecule has 0 atom stereocenters. The van der Waals surface area contributed by atoms with E-state index in [2.05, 4.69) is 5.32 Å². The molecule has 2 aromatic rings. The molecule has 0 saturated carbocycles. The Morgan fingerprint density at radius 1 is 1.48 bits per heavy atom. The Balaban J connectivity index is 2.21. The Labute approximate surface area is 124 Å². The van der Waals surface area contributed by atoms with Crippen LogP contribution in [-0.2, 0) is 6.42 Å². The van der Waals surface area contributed by atoms with Crippen LogP contribution in [0.4, 0.5) is 11.4 Å². The number of nitrogens with zero attached hydrogens (tertiary/aromatic N) is 1. The lowest BCUT2D eigenvalue weighted by molar-refractivity contribution is -0.384. The highest BCUT2D eigenvalue weighted by Crippen LogP contribution is 2.31. The van der Waals surface area contributed by atoms with Crippen molar-refractivity contribution in [2.24, 2.45) is 0 Å². The number of anilines is 1. The van der Waals surface area contributed by atoms with Crippen LogP contribution in [0, 0.1) is 10.1 Å². The molecule has 110 valence electrons. The van der Waals surface area contributed by atoms with Crippen LogP contribution in [0.15, 0.2) is 34.9 Å². The summed E-state index contributed by atoms with van der Waals surface area (Å²) in [6.07, 6.45) is 2.07. The summed E-state index contributed by atoms with van der Waals surface area (Å²) in [4.78, 5) is 21.2. The minimum absolute atomic E-state index is 0.0129. The van der Waals surface area contributed by atoms with Gasteiger partial charge in [-0.3, -0.25) is 10.1 Å². The minimum Gasteiger partial charge on any atom is -0.478 e. The zero-order valence-corrected chi connectivity index (χ0v) is 11.5. The predicted octanol–water partition coefficient (Wildman–Crippen LogP) is 3.19. The SMILES string of the molecule is O=C(O)c1cc([N+](=O)[O-])cc(Cl)c1NCCc1ccco1. The predicted molar refractivity (Wildman–Crippen MR) is 76.0 cm³/mol. The van der Waals surface area contributed by atoms with E-state index in [1.54, 1.807) is 12.1 Å². The maximum atomic E-state index is 11.2. The number of carboxylic acid groups (broad SMARTS) is 1. The normalized spacial score (nSPS) is 10.3. The molecule has 7 nitrogen and oxygen atoms in total. The average Bonchev–Trinajstić information content (AvgIpc) is 2.92. The standard InChI is InChI=1S/C13H11ClN2O5/c14-11-7-8(16(19)20)6-10(13(17)18)12(11)15-4-3-9-2-1-5-21-9/h1-2,5-7,15H,3-4H2,(H,17,18). The molecule has 0 saturated heterocycles. The van der Waals surface area contributed by atoms with Crippen LogP contribution >= 0.6 is 11.6 Å². The quantitative estimate of drug-likeness (QED) is 0.627. The van der Waals surface area contributed by atoms with Gasteiger partial charge in [0.15, 0.2) is 0 Å². The van der Waals surface area contributed by atoms with Crippen LogP contribution in [0.1, 0.15) is 16.1 Å². The molecule has 0 unspecified atom stereocenters. The van der Waals surface area contributed by atoms with E-state index in [9.17, 15) is 14.9 Å². The first-order chi connectivity index (χ1) is 9.99. The van der Waals surface area contributed by atoms with E-state index in [4.69, 9.17) is 21.1 Å². The lowest BCUT2D eigenvalue weighted by atomic mass is 10.1.